The number of nitrogens with zero attached hydrogens (tertiary/aromatic N) is 1. The van der Waals surface area contributed by atoms with Gasteiger partial charge in [0.25, 0.3) is 0 Å². The summed E-state index contributed by atoms with van der Waals surface area (Å²) in [6.45, 7) is 1.40. The van der Waals surface area contributed by atoms with Crippen molar-refractivity contribution in [2.24, 2.45) is 5.92 Å². The molecule has 26 heavy (non-hydrogen) atoms. The van der Waals surface area contributed by atoms with Gasteiger partial charge in [-0.05, 0) is 43.2 Å². The van der Waals surface area contributed by atoms with E-state index in [4.69, 9.17) is 9.15 Å². The fourth-order valence-electron chi connectivity index (χ4n) is 3.30. The number of amides is 2. The molecule has 1 aliphatic carbocycles. The first-order valence-corrected chi connectivity index (χ1v) is 8.93. The van der Waals surface area contributed by atoms with E-state index in [0.717, 1.165) is 48.5 Å². The average Bonchev–Trinajstić information content (AvgIpc) is 3.40. The minimum Gasteiger partial charge on any atom is -0.461 e. The SMILES string of the molecule is COCC(=O)Nc1ccc(-c2cc3c(o2)CCN(C(=O)C2CC2)C3)cc1. The minimum absolute atomic E-state index is 0.0305. The number of furan rings is 1. The van der Waals surface area contributed by atoms with E-state index < -0.39 is 0 Å². The molecule has 0 saturated heterocycles. The van der Waals surface area contributed by atoms with Crippen molar-refractivity contribution < 1.29 is 18.7 Å². The third-order valence-corrected chi connectivity index (χ3v) is 4.83. The molecule has 0 unspecified atom stereocenters. The van der Waals surface area contributed by atoms with E-state index in [9.17, 15) is 9.59 Å². The summed E-state index contributed by atoms with van der Waals surface area (Å²) in [4.78, 5) is 25.8. The normalized spacial score (nSPS) is 16.3. The maximum Gasteiger partial charge on any atom is 0.250 e. The number of carbonyl (C=O) groups excluding carboxylic acids is 2. The zero-order valence-corrected chi connectivity index (χ0v) is 14.8. The van der Waals surface area contributed by atoms with Crippen LogP contribution < -0.4 is 5.32 Å². The summed E-state index contributed by atoms with van der Waals surface area (Å²) in [5.41, 5.74) is 2.76. The largest absolute Gasteiger partial charge is 0.461 e. The van der Waals surface area contributed by atoms with Crippen LogP contribution in [0.25, 0.3) is 11.3 Å². The Hall–Kier alpha value is -2.60. The number of benzene rings is 1. The van der Waals surface area contributed by atoms with Crippen molar-refractivity contribution in [1.29, 1.82) is 0 Å². The number of methoxy groups -OCH3 is 1. The Balaban J connectivity index is 1.46. The molecule has 2 aromatic rings. The second-order valence-electron chi connectivity index (χ2n) is 6.90. The summed E-state index contributed by atoms with van der Waals surface area (Å²) >= 11 is 0. The van der Waals surface area contributed by atoms with Crippen molar-refractivity contribution in [3.63, 3.8) is 0 Å². The Labute approximate surface area is 152 Å². The van der Waals surface area contributed by atoms with Gasteiger partial charge in [-0.3, -0.25) is 9.59 Å². The zero-order chi connectivity index (χ0) is 18.1. The standard InChI is InChI=1S/C20H22N2O4/c1-25-12-19(23)21-16-6-4-13(5-7-16)18-10-15-11-22(9-8-17(15)26-18)20(24)14-2-3-14/h4-7,10,14H,2-3,8-9,11-12H2,1H3,(H,21,23). The smallest absolute Gasteiger partial charge is 0.250 e. The number of hydrogen-bond donors (Lipinski definition) is 1. The molecule has 2 aliphatic rings. The van der Waals surface area contributed by atoms with Gasteiger partial charge >= 0.3 is 0 Å². The van der Waals surface area contributed by atoms with Gasteiger partial charge < -0.3 is 19.4 Å². The van der Waals surface area contributed by atoms with E-state index >= 15 is 0 Å². The Kier molecular flexibility index (Phi) is 4.51. The third-order valence-electron chi connectivity index (χ3n) is 4.83. The highest BCUT2D eigenvalue weighted by molar-refractivity contribution is 5.91. The Morgan fingerprint density at radius 1 is 1.27 bits per heavy atom. The van der Waals surface area contributed by atoms with Crippen LogP contribution >= 0.6 is 0 Å². The molecule has 2 heterocycles. The Morgan fingerprint density at radius 2 is 2.04 bits per heavy atom. The van der Waals surface area contributed by atoms with E-state index in [-0.39, 0.29) is 24.3 Å². The fraction of sp³-hybridized carbons (Fsp3) is 0.400. The number of anilines is 1. The highest BCUT2D eigenvalue weighted by atomic mass is 16.5. The molecule has 136 valence electrons. The third kappa shape index (κ3) is 3.51. The molecule has 1 aliphatic heterocycles. The summed E-state index contributed by atoms with van der Waals surface area (Å²) in [5.74, 6) is 2.12. The summed E-state index contributed by atoms with van der Waals surface area (Å²) in [5, 5.41) is 2.77. The molecular formula is C20H22N2O4. The second-order valence-corrected chi connectivity index (χ2v) is 6.90. The number of ether oxygens (including phenoxy) is 1. The molecule has 1 aromatic carbocycles. The van der Waals surface area contributed by atoms with Crippen molar-refractivity contribution in [2.45, 2.75) is 25.8 Å². The van der Waals surface area contributed by atoms with Gasteiger partial charge in [0, 0.05) is 49.4 Å². The predicted molar refractivity (Wildman–Crippen MR) is 96.5 cm³/mol. The van der Waals surface area contributed by atoms with Crippen LogP contribution in [0.2, 0.25) is 0 Å². The van der Waals surface area contributed by atoms with Gasteiger partial charge in [0.2, 0.25) is 11.8 Å². The molecule has 1 aromatic heterocycles. The lowest BCUT2D eigenvalue weighted by molar-refractivity contribution is -0.133. The van der Waals surface area contributed by atoms with Crippen LogP contribution in [0.5, 0.6) is 0 Å². The first kappa shape index (κ1) is 16.8. The van der Waals surface area contributed by atoms with Crippen LogP contribution in [0.4, 0.5) is 5.69 Å². The highest BCUT2D eigenvalue weighted by Gasteiger charge is 2.35. The van der Waals surface area contributed by atoms with E-state index in [1.54, 1.807) is 0 Å². The van der Waals surface area contributed by atoms with E-state index in [1.165, 1.54) is 7.11 Å². The molecule has 6 heteroatoms. The number of nitrogens with one attached hydrogen (secondary N) is 1. The van der Waals surface area contributed by atoms with Gasteiger partial charge in [0.1, 0.15) is 18.1 Å². The molecule has 0 spiro atoms. The monoisotopic (exact) mass is 354 g/mol. The van der Waals surface area contributed by atoms with Crippen molar-refractivity contribution in [3.8, 4) is 11.3 Å². The summed E-state index contributed by atoms with van der Waals surface area (Å²) in [6.07, 6.45) is 2.83. The second kappa shape index (κ2) is 6.96. The lowest BCUT2D eigenvalue weighted by Crippen LogP contribution is -2.36. The van der Waals surface area contributed by atoms with Gasteiger partial charge in [0.15, 0.2) is 0 Å². The minimum atomic E-state index is -0.186. The molecule has 0 atom stereocenters. The number of fused-ring (bicyclic) bond motifs is 1. The highest BCUT2D eigenvalue weighted by Crippen LogP contribution is 2.34. The van der Waals surface area contributed by atoms with Crippen LogP contribution in [0.1, 0.15) is 24.2 Å². The van der Waals surface area contributed by atoms with Crippen molar-refractivity contribution in [3.05, 3.63) is 41.7 Å². The van der Waals surface area contributed by atoms with Gasteiger partial charge in [-0.15, -0.1) is 0 Å². The van der Waals surface area contributed by atoms with E-state index in [2.05, 4.69) is 5.32 Å². The molecule has 4 rings (SSSR count). The zero-order valence-electron chi connectivity index (χ0n) is 14.8. The molecule has 0 radical (unpaired) electrons. The van der Waals surface area contributed by atoms with E-state index in [0.29, 0.717) is 12.2 Å². The summed E-state index contributed by atoms with van der Waals surface area (Å²) in [7, 11) is 1.49. The number of rotatable bonds is 5. The summed E-state index contributed by atoms with van der Waals surface area (Å²) in [6, 6.07) is 9.54. The van der Waals surface area contributed by atoms with Crippen LogP contribution in [-0.2, 0) is 27.3 Å². The quantitative estimate of drug-likeness (QED) is 0.896. The van der Waals surface area contributed by atoms with Gasteiger partial charge in [0.05, 0.1) is 0 Å². The van der Waals surface area contributed by atoms with Gasteiger partial charge in [-0.1, -0.05) is 0 Å². The average molecular weight is 354 g/mol. The molecular weight excluding hydrogens is 332 g/mol. The molecule has 1 fully saturated rings. The number of hydrogen-bond acceptors (Lipinski definition) is 4. The molecule has 6 nitrogen and oxygen atoms in total. The van der Waals surface area contributed by atoms with Crippen LogP contribution in [-0.4, -0.2) is 37.0 Å². The summed E-state index contributed by atoms with van der Waals surface area (Å²) < 4.78 is 10.8. The molecule has 1 N–H and O–H groups in total. The topological polar surface area (TPSA) is 71.8 Å². The lowest BCUT2D eigenvalue weighted by Gasteiger charge is -2.26. The van der Waals surface area contributed by atoms with Crippen LogP contribution in [0, 0.1) is 5.92 Å². The maximum absolute atomic E-state index is 12.3. The number of carbonyl (C=O) groups is 2. The van der Waals surface area contributed by atoms with Gasteiger partial charge in [-0.2, -0.15) is 0 Å². The first-order valence-electron chi connectivity index (χ1n) is 8.93. The lowest BCUT2D eigenvalue weighted by atomic mass is 10.1. The van der Waals surface area contributed by atoms with Crippen molar-refractivity contribution >= 4 is 17.5 Å². The first-order chi connectivity index (χ1) is 12.6. The van der Waals surface area contributed by atoms with Crippen molar-refractivity contribution in [2.75, 3.05) is 25.6 Å². The Bertz CT molecular complexity index is 821. The molecule has 0 bridgehead atoms. The molecule has 1 saturated carbocycles. The maximum atomic E-state index is 12.3. The van der Waals surface area contributed by atoms with Crippen molar-refractivity contribution in [1.82, 2.24) is 4.90 Å². The van der Waals surface area contributed by atoms with E-state index in [1.807, 2.05) is 35.2 Å². The van der Waals surface area contributed by atoms with Gasteiger partial charge in [-0.25, -0.2) is 0 Å². The fourth-order valence-corrected chi connectivity index (χ4v) is 3.30. The van der Waals surface area contributed by atoms with Crippen LogP contribution in [0.3, 0.4) is 0 Å². The van der Waals surface area contributed by atoms with Crippen LogP contribution in [0.15, 0.2) is 34.7 Å². The Morgan fingerprint density at radius 3 is 2.73 bits per heavy atom. The predicted octanol–water partition coefficient (Wildman–Crippen LogP) is 2.83. The molecule has 2 amide bonds.